The van der Waals surface area contributed by atoms with Crippen molar-refractivity contribution in [1.82, 2.24) is 10.7 Å². The number of rotatable bonds is 3. The van der Waals surface area contributed by atoms with Gasteiger partial charge < -0.3 is 10.6 Å². The van der Waals surface area contributed by atoms with E-state index < -0.39 is 0 Å². The summed E-state index contributed by atoms with van der Waals surface area (Å²) in [5, 5.41) is 17.9. The van der Waals surface area contributed by atoms with Crippen molar-refractivity contribution < 1.29 is 4.79 Å². The average Bonchev–Trinajstić information content (AvgIpc) is 3.24. The summed E-state index contributed by atoms with van der Waals surface area (Å²) in [7, 11) is 0. The van der Waals surface area contributed by atoms with Crippen molar-refractivity contribution in [3.05, 3.63) is 29.8 Å². The first-order chi connectivity index (χ1) is 9.70. The number of anilines is 1. The SMILES string of the molecule is N=C(Nc1ccc(C2=NNC(=O)CC2)cc1)NC1CC1. The zero-order valence-corrected chi connectivity index (χ0v) is 11.1. The van der Waals surface area contributed by atoms with Crippen LogP contribution in [0.15, 0.2) is 29.4 Å². The second-order valence-corrected chi connectivity index (χ2v) is 5.09. The molecule has 0 unspecified atom stereocenters. The van der Waals surface area contributed by atoms with Gasteiger partial charge in [0.25, 0.3) is 0 Å². The molecule has 104 valence electrons. The van der Waals surface area contributed by atoms with E-state index >= 15 is 0 Å². The van der Waals surface area contributed by atoms with Gasteiger partial charge in [-0.25, -0.2) is 5.43 Å². The molecule has 1 aliphatic carbocycles. The van der Waals surface area contributed by atoms with E-state index in [9.17, 15) is 4.79 Å². The number of hydrogen-bond donors (Lipinski definition) is 4. The Kier molecular flexibility index (Phi) is 3.37. The number of benzene rings is 1. The molecule has 1 amide bonds. The molecule has 3 rings (SSSR count). The maximum atomic E-state index is 11.0. The number of hydrazone groups is 1. The molecule has 20 heavy (non-hydrogen) atoms. The Morgan fingerprint density at radius 3 is 2.60 bits per heavy atom. The minimum atomic E-state index is -0.0355. The Hall–Kier alpha value is -2.37. The lowest BCUT2D eigenvalue weighted by Crippen LogP contribution is -2.31. The number of carbonyl (C=O) groups excluding carboxylic acids is 1. The Labute approximate surface area is 117 Å². The van der Waals surface area contributed by atoms with Gasteiger partial charge in [0.05, 0.1) is 5.71 Å². The third-order valence-corrected chi connectivity index (χ3v) is 3.32. The third-order valence-electron chi connectivity index (χ3n) is 3.32. The molecule has 6 nitrogen and oxygen atoms in total. The van der Waals surface area contributed by atoms with Crippen LogP contribution in [0.3, 0.4) is 0 Å². The highest BCUT2D eigenvalue weighted by Gasteiger charge is 2.21. The van der Waals surface area contributed by atoms with Crippen LogP contribution in [0.1, 0.15) is 31.2 Å². The molecular formula is C14H17N5O. The van der Waals surface area contributed by atoms with Crippen LogP contribution in [-0.4, -0.2) is 23.6 Å². The summed E-state index contributed by atoms with van der Waals surface area (Å²) in [5.41, 5.74) is 5.25. The molecule has 1 fully saturated rings. The smallest absolute Gasteiger partial charge is 0.240 e. The maximum Gasteiger partial charge on any atom is 0.240 e. The quantitative estimate of drug-likeness (QED) is 0.495. The van der Waals surface area contributed by atoms with Gasteiger partial charge >= 0.3 is 0 Å². The van der Waals surface area contributed by atoms with Gasteiger partial charge in [0.1, 0.15) is 0 Å². The molecule has 6 heteroatoms. The van der Waals surface area contributed by atoms with E-state index in [2.05, 4.69) is 21.2 Å². The van der Waals surface area contributed by atoms with Crippen LogP contribution in [0.4, 0.5) is 5.69 Å². The number of guanidine groups is 1. The normalized spacial score (nSPS) is 18.0. The predicted octanol–water partition coefficient (Wildman–Crippen LogP) is 1.40. The van der Waals surface area contributed by atoms with Crippen molar-refractivity contribution in [2.75, 3.05) is 5.32 Å². The molecule has 0 spiro atoms. The summed E-state index contributed by atoms with van der Waals surface area (Å²) < 4.78 is 0. The molecule has 0 saturated heterocycles. The summed E-state index contributed by atoms with van der Waals surface area (Å²) in [4.78, 5) is 11.0. The Morgan fingerprint density at radius 2 is 2.00 bits per heavy atom. The molecule has 0 radical (unpaired) electrons. The van der Waals surface area contributed by atoms with Crippen LogP contribution in [-0.2, 0) is 4.79 Å². The van der Waals surface area contributed by atoms with Gasteiger partial charge in [-0.1, -0.05) is 12.1 Å². The van der Waals surface area contributed by atoms with E-state index in [1.807, 2.05) is 24.3 Å². The second-order valence-electron chi connectivity index (χ2n) is 5.09. The van der Waals surface area contributed by atoms with Crippen LogP contribution in [0, 0.1) is 5.41 Å². The van der Waals surface area contributed by atoms with Gasteiger partial charge in [-0.2, -0.15) is 5.10 Å². The van der Waals surface area contributed by atoms with Crippen LogP contribution in [0.25, 0.3) is 0 Å². The molecule has 0 atom stereocenters. The fourth-order valence-corrected chi connectivity index (χ4v) is 2.04. The van der Waals surface area contributed by atoms with Crippen LogP contribution >= 0.6 is 0 Å². The fourth-order valence-electron chi connectivity index (χ4n) is 2.04. The van der Waals surface area contributed by atoms with Crippen molar-refractivity contribution in [1.29, 1.82) is 5.41 Å². The number of carbonyl (C=O) groups is 1. The number of hydrogen-bond acceptors (Lipinski definition) is 3. The van der Waals surface area contributed by atoms with Crippen molar-refractivity contribution in [2.24, 2.45) is 5.10 Å². The van der Waals surface area contributed by atoms with Gasteiger partial charge in [-0.3, -0.25) is 10.2 Å². The zero-order valence-electron chi connectivity index (χ0n) is 11.1. The van der Waals surface area contributed by atoms with Crippen molar-refractivity contribution in [3.8, 4) is 0 Å². The molecule has 1 saturated carbocycles. The highest BCUT2D eigenvalue weighted by molar-refractivity contribution is 6.04. The minimum absolute atomic E-state index is 0.0355. The summed E-state index contributed by atoms with van der Waals surface area (Å²) in [5.74, 6) is 0.300. The fraction of sp³-hybridized carbons (Fsp3) is 0.357. The van der Waals surface area contributed by atoms with Crippen molar-refractivity contribution in [3.63, 3.8) is 0 Å². The number of nitrogens with zero attached hydrogens (tertiary/aromatic N) is 1. The second kappa shape index (κ2) is 5.32. The van der Waals surface area contributed by atoms with Gasteiger partial charge in [-0.05, 0) is 30.5 Å². The van der Waals surface area contributed by atoms with E-state index in [1.54, 1.807) is 0 Å². The summed E-state index contributed by atoms with van der Waals surface area (Å²) in [6.07, 6.45) is 3.44. The number of amides is 1. The van der Waals surface area contributed by atoms with E-state index in [4.69, 9.17) is 5.41 Å². The van der Waals surface area contributed by atoms with Gasteiger partial charge in [-0.15, -0.1) is 0 Å². The average molecular weight is 271 g/mol. The molecule has 0 bridgehead atoms. The van der Waals surface area contributed by atoms with Gasteiger partial charge in [0, 0.05) is 24.6 Å². The maximum absolute atomic E-state index is 11.0. The summed E-state index contributed by atoms with van der Waals surface area (Å²) in [6.45, 7) is 0. The highest BCUT2D eigenvalue weighted by Crippen LogP contribution is 2.19. The van der Waals surface area contributed by atoms with E-state index in [0.717, 1.165) is 29.8 Å². The molecule has 1 aromatic carbocycles. The lowest BCUT2D eigenvalue weighted by atomic mass is 10.0. The Balaban J connectivity index is 1.62. The van der Waals surface area contributed by atoms with Crippen LogP contribution in [0.2, 0.25) is 0 Å². The number of nitrogens with one attached hydrogen (secondary N) is 4. The van der Waals surface area contributed by atoms with Crippen molar-refractivity contribution in [2.45, 2.75) is 31.7 Å². The molecule has 2 aliphatic rings. The monoisotopic (exact) mass is 271 g/mol. The third kappa shape index (κ3) is 3.14. The lowest BCUT2D eigenvalue weighted by Gasteiger charge is -2.13. The predicted molar refractivity (Wildman–Crippen MR) is 77.9 cm³/mol. The Bertz CT molecular complexity index is 559. The zero-order chi connectivity index (χ0) is 13.9. The van der Waals surface area contributed by atoms with E-state index in [-0.39, 0.29) is 5.91 Å². The van der Waals surface area contributed by atoms with Gasteiger partial charge in [0.2, 0.25) is 5.91 Å². The molecule has 1 aliphatic heterocycles. The molecule has 0 aromatic heterocycles. The van der Waals surface area contributed by atoms with E-state index in [1.165, 1.54) is 0 Å². The molecular weight excluding hydrogens is 254 g/mol. The first kappa shape index (κ1) is 12.7. The molecule has 1 heterocycles. The summed E-state index contributed by atoms with van der Waals surface area (Å²) in [6, 6.07) is 8.19. The lowest BCUT2D eigenvalue weighted by molar-refractivity contribution is -0.121. The standard InChI is InChI=1S/C14H17N5O/c15-14(17-11-5-6-11)16-10-3-1-9(2-4-10)12-7-8-13(20)19-18-12/h1-4,11H,5-8H2,(H,19,20)(H3,15,16,17). The first-order valence-corrected chi connectivity index (χ1v) is 6.78. The summed E-state index contributed by atoms with van der Waals surface area (Å²) >= 11 is 0. The van der Waals surface area contributed by atoms with Crippen molar-refractivity contribution >= 4 is 23.3 Å². The van der Waals surface area contributed by atoms with Crippen LogP contribution < -0.4 is 16.1 Å². The highest BCUT2D eigenvalue weighted by atomic mass is 16.2. The van der Waals surface area contributed by atoms with E-state index in [0.29, 0.717) is 24.8 Å². The topological polar surface area (TPSA) is 89.4 Å². The largest absolute Gasteiger partial charge is 0.354 e. The first-order valence-electron chi connectivity index (χ1n) is 6.78. The Morgan fingerprint density at radius 1 is 1.25 bits per heavy atom. The minimum Gasteiger partial charge on any atom is -0.354 e. The van der Waals surface area contributed by atoms with Crippen LogP contribution in [0.5, 0.6) is 0 Å². The molecule has 4 N–H and O–H groups in total. The van der Waals surface area contributed by atoms with Gasteiger partial charge in [0.15, 0.2) is 5.96 Å². The molecule has 1 aromatic rings.